The van der Waals surface area contributed by atoms with Gasteiger partial charge in [-0.2, -0.15) is 0 Å². The lowest BCUT2D eigenvalue weighted by Gasteiger charge is -2.42. The van der Waals surface area contributed by atoms with Crippen LogP contribution >= 0.6 is 0 Å². The second kappa shape index (κ2) is 6.59. The van der Waals surface area contributed by atoms with Crippen molar-refractivity contribution in [3.8, 4) is 0 Å². The topological polar surface area (TPSA) is 71.4 Å². The Kier molecular flexibility index (Phi) is 4.95. The van der Waals surface area contributed by atoms with E-state index in [2.05, 4.69) is 0 Å². The predicted octanol–water partition coefficient (Wildman–Crippen LogP) is 2.45. The largest absolute Gasteiger partial charge is 0.389 e. The third-order valence-electron chi connectivity index (χ3n) is 4.51. The smallest absolute Gasteiger partial charge is 0.146 e. The van der Waals surface area contributed by atoms with E-state index in [0.29, 0.717) is 0 Å². The average molecular weight is 314 g/mol. The van der Waals surface area contributed by atoms with Crippen LogP contribution in [0.4, 0.5) is 0 Å². The Morgan fingerprint density at radius 2 is 1.78 bits per heavy atom. The predicted molar refractivity (Wildman–Crippen MR) is 87.6 cm³/mol. The van der Waals surface area contributed by atoms with Crippen molar-refractivity contribution >= 4 is 23.4 Å². The molecule has 4 heteroatoms. The Bertz CT molecular complexity index is 643. The fraction of sp³-hybridized carbons (Fsp3) is 0.421. The molecule has 0 saturated heterocycles. The molecule has 2 rings (SSSR count). The van der Waals surface area contributed by atoms with Crippen molar-refractivity contribution in [2.24, 2.45) is 17.8 Å². The van der Waals surface area contributed by atoms with Crippen LogP contribution in [0.1, 0.15) is 32.8 Å². The summed E-state index contributed by atoms with van der Waals surface area (Å²) in [7, 11) is 0. The van der Waals surface area contributed by atoms with Gasteiger partial charge in [-0.15, -0.1) is 0 Å². The minimum atomic E-state index is -1.43. The Balaban J connectivity index is 2.45. The molecule has 1 fully saturated rings. The van der Waals surface area contributed by atoms with Crippen molar-refractivity contribution in [2.45, 2.75) is 32.8 Å². The van der Waals surface area contributed by atoms with E-state index in [1.807, 2.05) is 30.3 Å². The second-order valence-electron chi connectivity index (χ2n) is 6.52. The minimum absolute atomic E-state index is 0.169. The number of rotatable bonds is 4. The van der Waals surface area contributed by atoms with Crippen molar-refractivity contribution in [2.75, 3.05) is 0 Å². The van der Waals surface area contributed by atoms with E-state index in [1.165, 1.54) is 20.8 Å². The summed E-state index contributed by atoms with van der Waals surface area (Å²) < 4.78 is 0. The number of Topliss-reactive ketones (excluding diaryl/α,β-unsaturated/α-hetero) is 3. The normalized spacial score (nSPS) is 31.3. The summed E-state index contributed by atoms with van der Waals surface area (Å²) in [4.78, 5) is 36.4. The third-order valence-corrected chi connectivity index (χ3v) is 4.51. The van der Waals surface area contributed by atoms with Crippen LogP contribution in [0.2, 0.25) is 0 Å². The SMILES string of the molecule is CC(=O)[C@H]1C(=O)C[C@](C)(O)[C@@H](C(C)=O)[C@H]1/C=C/c1ccccc1. The van der Waals surface area contributed by atoms with Crippen molar-refractivity contribution in [1.82, 2.24) is 0 Å². The zero-order valence-electron chi connectivity index (χ0n) is 13.7. The maximum absolute atomic E-state index is 12.3. The zero-order valence-corrected chi connectivity index (χ0v) is 13.7. The molecule has 122 valence electrons. The molecule has 1 aliphatic rings. The fourth-order valence-electron chi connectivity index (χ4n) is 3.61. The van der Waals surface area contributed by atoms with E-state index in [9.17, 15) is 19.5 Å². The Morgan fingerprint density at radius 1 is 1.17 bits per heavy atom. The standard InChI is InChI=1S/C19H22O4/c1-12(20)17-15(10-9-14-7-5-4-6-8-14)18(13(2)21)19(3,23)11-16(17)22/h4-10,15,17-18,23H,11H2,1-3H3/b10-9+/t15-,17+,18-,19-/m0/s1. The monoisotopic (exact) mass is 314 g/mol. The van der Waals surface area contributed by atoms with Crippen molar-refractivity contribution in [3.05, 3.63) is 42.0 Å². The summed E-state index contributed by atoms with van der Waals surface area (Å²) >= 11 is 0. The molecule has 4 atom stereocenters. The maximum Gasteiger partial charge on any atom is 0.146 e. The van der Waals surface area contributed by atoms with E-state index in [-0.39, 0.29) is 23.8 Å². The fourth-order valence-corrected chi connectivity index (χ4v) is 3.61. The van der Waals surface area contributed by atoms with Crippen molar-refractivity contribution in [1.29, 1.82) is 0 Å². The van der Waals surface area contributed by atoms with Crippen molar-refractivity contribution in [3.63, 3.8) is 0 Å². The second-order valence-corrected chi connectivity index (χ2v) is 6.52. The van der Waals surface area contributed by atoms with E-state index in [0.717, 1.165) is 5.56 Å². The number of hydrogen-bond donors (Lipinski definition) is 1. The summed E-state index contributed by atoms with van der Waals surface area (Å²) in [6, 6.07) is 9.44. The van der Waals surface area contributed by atoms with E-state index in [1.54, 1.807) is 12.2 Å². The molecule has 1 aromatic rings. The van der Waals surface area contributed by atoms with Crippen LogP contribution in [0.5, 0.6) is 0 Å². The van der Waals surface area contributed by atoms with Gasteiger partial charge in [0.1, 0.15) is 17.3 Å². The molecule has 4 nitrogen and oxygen atoms in total. The number of carbonyl (C=O) groups excluding carboxylic acids is 3. The molecule has 0 amide bonds. The third kappa shape index (κ3) is 3.64. The van der Waals surface area contributed by atoms with Crippen LogP contribution in [0.15, 0.2) is 36.4 Å². The molecule has 1 aromatic carbocycles. The molecule has 1 aliphatic carbocycles. The van der Waals surface area contributed by atoms with Gasteiger partial charge in [-0.25, -0.2) is 0 Å². The first-order valence-electron chi connectivity index (χ1n) is 7.73. The van der Waals surface area contributed by atoms with E-state index >= 15 is 0 Å². The molecule has 0 aliphatic heterocycles. The van der Waals surface area contributed by atoms with Gasteiger partial charge in [0.2, 0.25) is 0 Å². The maximum atomic E-state index is 12.3. The highest BCUT2D eigenvalue weighted by atomic mass is 16.3. The lowest BCUT2D eigenvalue weighted by molar-refractivity contribution is -0.153. The average Bonchev–Trinajstić information content (AvgIpc) is 2.43. The van der Waals surface area contributed by atoms with Crippen LogP contribution in [0.3, 0.4) is 0 Å². The molecule has 0 spiro atoms. The van der Waals surface area contributed by atoms with Gasteiger partial charge in [-0.1, -0.05) is 42.5 Å². The number of carbonyl (C=O) groups is 3. The van der Waals surface area contributed by atoms with Crippen LogP contribution in [-0.2, 0) is 14.4 Å². The van der Waals surface area contributed by atoms with E-state index < -0.39 is 23.4 Å². The number of allylic oxidation sites excluding steroid dienone is 1. The number of ketones is 3. The lowest BCUT2D eigenvalue weighted by atomic mass is 9.61. The highest BCUT2D eigenvalue weighted by molar-refractivity contribution is 6.04. The summed E-state index contributed by atoms with van der Waals surface area (Å²) in [6.07, 6.45) is 3.35. The van der Waals surface area contributed by atoms with Crippen LogP contribution in [0, 0.1) is 17.8 Å². The first kappa shape index (κ1) is 17.3. The summed E-state index contributed by atoms with van der Waals surface area (Å²) in [5, 5.41) is 10.6. The molecule has 0 aromatic heterocycles. The van der Waals surface area contributed by atoms with Gasteiger partial charge in [0.05, 0.1) is 17.4 Å². The molecule has 1 N–H and O–H groups in total. The van der Waals surface area contributed by atoms with Gasteiger partial charge in [0, 0.05) is 12.3 Å². The van der Waals surface area contributed by atoms with Crippen molar-refractivity contribution < 1.29 is 19.5 Å². The van der Waals surface area contributed by atoms with Gasteiger partial charge in [-0.05, 0) is 26.3 Å². The molecular formula is C19H22O4. The molecule has 0 heterocycles. The first-order valence-corrected chi connectivity index (χ1v) is 7.73. The zero-order chi connectivity index (χ0) is 17.2. The molecular weight excluding hydrogens is 292 g/mol. The van der Waals surface area contributed by atoms with Crippen LogP contribution in [-0.4, -0.2) is 28.1 Å². The molecule has 0 radical (unpaired) electrons. The van der Waals surface area contributed by atoms with Crippen LogP contribution < -0.4 is 0 Å². The van der Waals surface area contributed by atoms with Gasteiger partial charge in [-0.3, -0.25) is 14.4 Å². The molecule has 0 bridgehead atoms. The van der Waals surface area contributed by atoms with Gasteiger partial charge >= 0.3 is 0 Å². The summed E-state index contributed by atoms with van der Waals surface area (Å²) in [5.41, 5.74) is -0.518. The minimum Gasteiger partial charge on any atom is -0.389 e. The summed E-state index contributed by atoms with van der Waals surface area (Å²) in [6.45, 7) is 4.26. The van der Waals surface area contributed by atoms with Gasteiger partial charge < -0.3 is 5.11 Å². The lowest BCUT2D eigenvalue weighted by Crippen LogP contribution is -2.54. The highest BCUT2D eigenvalue weighted by Gasteiger charge is 2.52. The first-order chi connectivity index (χ1) is 10.7. The molecule has 1 saturated carbocycles. The Morgan fingerprint density at radius 3 is 2.30 bits per heavy atom. The van der Waals surface area contributed by atoms with Crippen LogP contribution in [0.25, 0.3) is 6.08 Å². The quantitative estimate of drug-likeness (QED) is 0.867. The highest BCUT2D eigenvalue weighted by Crippen LogP contribution is 2.41. The Hall–Kier alpha value is -2.07. The Labute approximate surface area is 136 Å². The number of aliphatic hydroxyl groups is 1. The van der Waals surface area contributed by atoms with Gasteiger partial charge in [0.25, 0.3) is 0 Å². The number of benzene rings is 1. The molecule has 0 unspecified atom stereocenters. The van der Waals surface area contributed by atoms with E-state index in [4.69, 9.17) is 0 Å². The number of hydrogen-bond acceptors (Lipinski definition) is 4. The van der Waals surface area contributed by atoms with Gasteiger partial charge in [0.15, 0.2) is 0 Å². The summed E-state index contributed by atoms with van der Waals surface area (Å²) in [5.74, 6) is -3.04. The molecule has 23 heavy (non-hydrogen) atoms.